The number of ether oxygens (including phenoxy) is 4. The molecule has 1 aromatic rings. The second kappa shape index (κ2) is 6.43. The van der Waals surface area contributed by atoms with Gasteiger partial charge in [-0.05, 0) is 25.1 Å². The predicted molar refractivity (Wildman–Crippen MR) is 68.8 cm³/mol. The van der Waals surface area contributed by atoms with Crippen molar-refractivity contribution in [1.29, 1.82) is 0 Å². The van der Waals surface area contributed by atoms with Crippen molar-refractivity contribution < 1.29 is 23.7 Å². The molecule has 1 fully saturated rings. The maximum atomic E-state index is 12.0. The first-order valence-corrected chi connectivity index (χ1v) is 6.34. The van der Waals surface area contributed by atoms with Gasteiger partial charge in [0.2, 0.25) is 0 Å². The number of esters is 1. The standard InChI is InChI=1S/C14H18O5/c1-3-18-12-5-4-10(8-13(12)16-2)14(15)19-11-6-7-17-9-11/h4-5,8,11H,3,6-7,9H2,1-2H3/t11-/m0/s1. The number of methoxy groups -OCH3 is 1. The van der Waals surface area contributed by atoms with E-state index in [1.54, 1.807) is 18.2 Å². The van der Waals surface area contributed by atoms with Gasteiger partial charge in [0, 0.05) is 6.42 Å². The number of hydrogen-bond donors (Lipinski definition) is 0. The molecule has 1 aliphatic heterocycles. The number of benzene rings is 1. The third-order valence-corrected chi connectivity index (χ3v) is 2.86. The van der Waals surface area contributed by atoms with E-state index in [9.17, 15) is 4.79 Å². The van der Waals surface area contributed by atoms with E-state index in [4.69, 9.17) is 18.9 Å². The lowest BCUT2D eigenvalue weighted by Crippen LogP contribution is -2.18. The summed E-state index contributed by atoms with van der Waals surface area (Å²) in [6.45, 7) is 3.55. The van der Waals surface area contributed by atoms with E-state index in [1.807, 2.05) is 6.92 Å². The molecule has 1 saturated heterocycles. The summed E-state index contributed by atoms with van der Waals surface area (Å²) in [5, 5.41) is 0. The Bertz CT molecular complexity index is 437. The molecule has 0 saturated carbocycles. The fraction of sp³-hybridized carbons (Fsp3) is 0.500. The Morgan fingerprint density at radius 1 is 1.42 bits per heavy atom. The molecule has 0 aliphatic carbocycles. The van der Waals surface area contributed by atoms with E-state index >= 15 is 0 Å². The molecule has 1 aliphatic rings. The van der Waals surface area contributed by atoms with Gasteiger partial charge in [-0.2, -0.15) is 0 Å². The molecule has 0 radical (unpaired) electrons. The molecule has 5 heteroatoms. The largest absolute Gasteiger partial charge is 0.493 e. The summed E-state index contributed by atoms with van der Waals surface area (Å²) in [4.78, 5) is 12.0. The summed E-state index contributed by atoms with van der Waals surface area (Å²) in [6, 6.07) is 5.01. The van der Waals surface area contributed by atoms with Gasteiger partial charge in [-0.1, -0.05) is 0 Å². The third-order valence-electron chi connectivity index (χ3n) is 2.86. The fourth-order valence-electron chi connectivity index (χ4n) is 1.89. The molecular formula is C14H18O5. The van der Waals surface area contributed by atoms with Crippen molar-refractivity contribution in [3.63, 3.8) is 0 Å². The molecular weight excluding hydrogens is 248 g/mol. The SMILES string of the molecule is CCOc1ccc(C(=O)O[C@H]2CCOC2)cc1OC. The molecule has 104 valence electrons. The Hall–Kier alpha value is -1.75. The van der Waals surface area contributed by atoms with E-state index in [0.717, 1.165) is 6.42 Å². The smallest absolute Gasteiger partial charge is 0.338 e. The molecule has 0 bridgehead atoms. The minimum atomic E-state index is -0.364. The minimum Gasteiger partial charge on any atom is -0.493 e. The number of rotatable bonds is 5. The van der Waals surface area contributed by atoms with E-state index in [2.05, 4.69) is 0 Å². The number of carbonyl (C=O) groups excluding carboxylic acids is 1. The molecule has 1 heterocycles. The lowest BCUT2D eigenvalue weighted by atomic mass is 10.2. The van der Waals surface area contributed by atoms with Crippen LogP contribution in [0.2, 0.25) is 0 Å². The van der Waals surface area contributed by atoms with Crippen molar-refractivity contribution in [3.05, 3.63) is 23.8 Å². The first-order valence-electron chi connectivity index (χ1n) is 6.34. The van der Waals surface area contributed by atoms with Crippen LogP contribution in [0.15, 0.2) is 18.2 Å². The van der Waals surface area contributed by atoms with Crippen LogP contribution in [0.5, 0.6) is 11.5 Å². The van der Waals surface area contributed by atoms with Crippen molar-refractivity contribution in [2.24, 2.45) is 0 Å². The molecule has 1 atom stereocenters. The highest BCUT2D eigenvalue weighted by Gasteiger charge is 2.21. The monoisotopic (exact) mass is 266 g/mol. The van der Waals surface area contributed by atoms with Gasteiger partial charge in [0.25, 0.3) is 0 Å². The average Bonchev–Trinajstić information content (AvgIpc) is 2.92. The minimum absolute atomic E-state index is 0.148. The molecule has 0 aromatic heterocycles. The Morgan fingerprint density at radius 2 is 2.26 bits per heavy atom. The highest BCUT2D eigenvalue weighted by molar-refractivity contribution is 5.90. The quantitative estimate of drug-likeness (QED) is 0.763. The third kappa shape index (κ3) is 3.38. The lowest BCUT2D eigenvalue weighted by Gasteiger charge is -2.12. The van der Waals surface area contributed by atoms with Crippen LogP contribution in [0.3, 0.4) is 0 Å². The highest BCUT2D eigenvalue weighted by atomic mass is 16.6. The van der Waals surface area contributed by atoms with E-state index in [-0.39, 0.29) is 12.1 Å². The zero-order chi connectivity index (χ0) is 13.7. The van der Waals surface area contributed by atoms with Gasteiger partial charge in [0.1, 0.15) is 6.10 Å². The van der Waals surface area contributed by atoms with Crippen molar-refractivity contribution in [3.8, 4) is 11.5 Å². The van der Waals surface area contributed by atoms with Crippen molar-refractivity contribution in [2.75, 3.05) is 26.9 Å². The van der Waals surface area contributed by atoms with Crippen molar-refractivity contribution in [2.45, 2.75) is 19.4 Å². The van der Waals surface area contributed by atoms with Crippen molar-refractivity contribution in [1.82, 2.24) is 0 Å². The maximum Gasteiger partial charge on any atom is 0.338 e. The van der Waals surface area contributed by atoms with Crippen LogP contribution in [0, 0.1) is 0 Å². The summed E-state index contributed by atoms with van der Waals surface area (Å²) in [7, 11) is 1.54. The van der Waals surface area contributed by atoms with Crippen LogP contribution in [0.4, 0.5) is 0 Å². The zero-order valence-corrected chi connectivity index (χ0v) is 11.2. The summed E-state index contributed by atoms with van der Waals surface area (Å²) in [5.41, 5.74) is 0.451. The fourth-order valence-corrected chi connectivity index (χ4v) is 1.89. The molecule has 2 rings (SSSR count). The second-order valence-electron chi connectivity index (χ2n) is 4.19. The predicted octanol–water partition coefficient (Wildman–Crippen LogP) is 2.04. The van der Waals surface area contributed by atoms with Crippen LogP contribution in [-0.4, -0.2) is 39.0 Å². The van der Waals surface area contributed by atoms with Gasteiger partial charge in [-0.15, -0.1) is 0 Å². The molecule has 5 nitrogen and oxygen atoms in total. The van der Waals surface area contributed by atoms with Gasteiger partial charge in [0.15, 0.2) is 11.5 Å². The summed E-state index contributed by atoms with van der Waals surface area (Å²) in [5.74, 6) is 0.779. The van der Waals surface area contributed by atoms with Crippen LogP contribution in [-0.2, 0) is 9.47 Å². The molecule has 0 spiro atoms. The van der Waals surface area contributed by atoms with E-state index in [1.165, 1.54) is 7.11 Å². The maximum absolute atomic E-state index is 12.0. The second-order valence-corrected chi connectivity index (χ2v) is 4.19. The summed E-state index contributed by atoms with van der Waals surface area (Å²) in [6.07, 6.45) is 0.602. The molecule has 19 heavy (non-hydrogen) atoms. The Morgan fingerprint density at radius 3 is 2.89 bits per heavy atom. The van der Waals surface area contributed by atoms with Crippen LogP contribution in [0.25, 0.3) is 0 Å². The van der Waals surface area contributed by atoms with Gasteiger partial charge in [0.05, 0.1) is 32.5 Å². The first-order chi connectivity index (χ1) is 9.24. The first kappa shape index (κ1) is 13.7. The topological polar surface area (TPSA) is 54.0 Å². The van der Waals surface area contributed by atoms with Gasteiger partial charge >= 0.3 is 5.97 Å². The average molecular weight is 266 g/mol. The van der Waals surface area contributed by atoms with Crippen molar-refractivity contribution >= 4 is 5.97 Å². The number of carbonyl (C=O) groups is 1. The lowest BCUT2D eigenvalue weighted by molar-refractivity contribution is 0.0270. The zero-order valence-electron chi connectivity index (χ0n) is 11.2. The van der Waals surface area contributed by atoms with Gasteiger partial charge < -0.3 is 18.9 Å². The number of hydrogen-bond acceptors (Lipinski definition) is 5. The Balaban J connectivity index is 2.08. The molecule has 0 N–H and O–H groups in total. The molecule has 0 amide bonds. The van der Waals surface area contributed by atoms with Gasteiger partial charge in [-0.3, -0.25) is 0 Å². The van der Waals surface area contributed by atoms with E-state index in [0.29, 0.717) is 36.9 Å². The summed E-state index contributed by atoms with van der Waals surface area (Å²) >= 11 is 0. The van der Waals surface area contributed by atoms with Crippen LogP contribution >= 0.6 is 0 Å². The van der Waals surface area contributed by atoms with Crippen LogP contribution < -0.4 is 9.47 Å². The molecule has 1 aromatic carbocycles. The highest BCUT2D eigenvalue weighted by Crippen LogP contribution is 2.28. The van der Waals surface area contributed by atoms with E-state index < -0.39 is 0 Å². The van der Waals surface area contributed by atoms with Crippen LogP contribution in [0.1, 0.15) is 23.7 Å². The molecule has 0 unspecified atom stereocenters. The van der Waals surface area contributed by atoms with Gasteiger partial charge in [-0.25, -0.2) is 4.79 Å². The Kier molecular flexibility index (Phi) is 4.63. The summed E-state index contributed by atoms with van der Waals surface area (Å²) < 4.78 is 21.1. The normalized spacial score (nSPS) is 18.1. The Labute approximate surface area is 112 Å².